The van der Waals surface area contributed by atoms with Crippen LogP contribution in [0.1, 0.15) is 41.5 Å². The maximum absolute atomic E-state index is 11.8. The Morgan fingerprint density at radius 1 is 0.750 bits per heavy atom. The Bertz CT molecular complexity index is 324. The number of carbonyl (C=O) groups excluding carboxylic acids is 2. The summed E-state index contributed by atoms with van der Waals surface area (Å²) in [6.07, 6.45) is 0. The van der Waals surface area contributed by atoms with Gasteiger partial charge in [-0.25, -0.2) is 0 Å². The Labute approximate surface area is 120 Å². The molecule has 6 N–H and O–H groups in total. The van der Waals surface area contributed by atoms with Crippen LogP contribution in [0.15, 0.2) is 0 Å². The molecule has 2 unspecified atom stereocenters. The van der Waals surface area contributed by atoms with Crippen LogP contribution in [-0.4, -0.2) is 41.3 Å². The molecular weight excluding hydrogens is 262 g/mol. The van der Waals surface area contributed by atoms with Gasteiger partial charge in [-0.15, -0.1) is 0 Å². The zero-order chi connectivity index (χ0) is 16.3. The van der Waals surface area contributed by atoms with Crippen LogP contribution in [0.4, 0.5) is 0 Å². The number of nitrogens with two attached hydrogens (primary N) is 3. The van der Waals surface area contributed by atoms with Crippen LogP contribution >= 0.6 is 0 Å². The quantitative estimate of drug-likeness (QED) is 0.603. The van der Waals surface area contributed by atoms with E-state index in [1.165, 1.54) is 0 Å². The molecule has 0 amide bonds. The van der Waals surface area contributed by atoms with Crippen molar-refractivity contribution in [2.24, 2.45) is 17.2 Å². The SMILES string of the molecule is CC(C)(C)OC(=O)C(N)C(N)C(N)C(=O)OC(C)(C)C. The summed E-state index contributed by atoms with van der Waals surface area (Å²) < 4.78 is 10.2. The highest BCUT2D eigenvalue weighted by Gasteiger charge is 2.35. The van der Waals surface area contributed by atoms with Crippen molar-refractivity contribution >= 4 is 11.9 Å². The van der Waals surface area contributed by atoms with E-state index in [2.05, 4.69) is 0 Å². The zero-order valence-electron chi connectivity index (χ0n) is 13.1. The van der Waals surface area contributed by atoms with E-state index in [4.69, 9.17) is 26.7 Å². The standard InChI is InChI=1S/C13H27N3O4/c1-12(2,3)19-10(17)8(15)7(14)9(16)11(18)20-13(4,5)6/h7-9H,14-16H2,1-6H3. The van der Waals surface area contributed by atoms with Gasteiger partial charge in [0.15, 0.2) is 0 Å². The van der Waals surface area contributed by atoms with Crippen molar-refractivity contribution < 1.29 is 19.1 Å². The number of rotatable bonds is 4. The van der Waals surface area contributed by atoms with Gasteiger partial charge < -0.3 is 26.7 Å². The predicted octanol–water partition coefficient (Wildman–Crippen LogP) is -0.348. The van der Waals surface area contributed by atoms with Gasteiger partial charge >= 0.3 is 11.9 Å². The second-order valence-corrected chi connectivity index (χ2v) is 6.70. The first-order valence-electron chi connectivity index (χ1n) is 6.47. The van der Waals surface area contributed by atoms with E-state index < -0.39 is 41.3 Å². The fraction of sp³-hybridized carbons (Fsp3) is 0.846. The molecule has 0 fully saturated rings. The Balaban J connectivity index is 4.68. The fourth-order valence-corrected chi connectivity index (χ4v) is 1.28. The van der Waals surface area contributed by atoms with Crippen molar-refractivity contribution in [2.45, 2.75) is 70.9 Å². The van der Waals surface area contributed by atoms with Gasteiger partial charge in [0.25, 0.3) is 0 Å². The van der Waals surface area contributed by atoms with E-state index in [0.717, 1.165) is 0 Å². The molecular formula is C13H27N3O4. The van der Waals surface area contributed by atoms with Gasteiger partial charge in [-0.3, -0.25) is 9.59 Å². The van der Waals surface area contributed by atoms with Crippen LogP contribution in [0.2, 0.25) is 0 Å². The first-order valence-corrected chi connectivity index (χ1v) is 6.47. The number of hydrogen-bond donors (Lipinski definition) is 3. The number of carbonyl (C=O) groups is 2. The molecule has 0 bridgehead atoms. The molecule has 0 heterocycles. The molecule has 0 aromatic heterocycles. The number of hydrogen-bond acceptors (Lipinski definition) is 7. The van der Waals surface area contributed by atoms with Crippen LogP contribution in [0.3, 0.4) is 0 Å². The number of ether oxygens (including phenoxy) is 2. The van der Waals surface area contributed by atoms with Crippen molar-refractivity contribution in [2.75, 3.05) is 0 Å². The van der Waals surface area contributed by atoms with Crippen molar-refractivity contribution in [3.8, 4) is 0 Å². The van der Waals surface area contributed by atoms with Crippen molar-refractivity contribution in [3.63, 3.8) is 0 Å². The van der Waals surface area contributed by atoms with Gasteiger partial charge in [0.05, 0.1) is 6.04 Å². The molecule has 0 aromatic carbocycles. The minimum Gasteiger partial charge on any atom is -0.459 e. The van der Waals surface area contributed by atoms with Gasteiger partial charge in [0.1, 0.15) is 23.3 Å². The molecule has 0 aliphatic rings. The zero-order valence-corrected chi connectivity index (χ0v) is 13.1. The highest BCUT2D eigenvalue weighted by atomic mass is 16.6. The lowest BCUT2D eigenvalue weighted by Crippen LogP contribution is -2.60. The minimum atomic E-state index is -1.20. The van der Waals surface area contributed by atoms with E-state index in [0.29, 0.717) is 0 Å². The summed E-state index contributed by atoms with van der Waals surface area (Å²) in [5.41, 5.74) is 15.7. The van der Waals surface area contributed by atoms with Gasteiger partial charge in [-0.1, -0.05) is 0 Å². The topological polar surface area (TPSA) is 131 Å². The summed E-state index contributed by atoms with van der Waals surface area (Å²) in [6.45, 7) is 10.2. The lowest BCUT2D eigenvalue weighted by Gasteiger charge is -2.28. The molecule has 20 heavy (non-hydrogen) atoms. The van der Waals surface area contributed by atoms with Crippen LogP contribution in [-0.2, 0) is 19.1 Å². The lowest BCUT2D eigenvalue weighted by molar-refractivity contribution is -0.159. The summed E-state index contributed by atoms with van der Waals surface area (Å²) in [4.78, 5) is 23.6. The third-order valence-corrected chi connectivity index (χ3v) is 2.19. The second-order valence-electron chi connectivity index (χ2n) is 6.70. The molecule has 0 aliphatic heterocycles. The average Bonchev–Trinajstić information content (AvgIpc) is 2.21. The molecule has 0 aliphatic carbocycles. The molecule has 0 radical (unpaired) electrons. The van der Waals surface area contributed by atoms with E-state index in [9.17, 15) is 9.59 Å². The van der Waals surface area contributed by atoms with E-state index in [1.54, 1.807) is 41.5 Å². The Hall–Kier alpha value is -1.18. The number of esters is 2. The average molecular weight is 289 g/mol. The third-order valence-electron chi connectivity index (χ3n) is 2.19. The minimum absolute atomic E-state index is 0.690. The maximum atomic E-state index is 11.8. The van der Waals surface area contributed by atoms with Crippen LogP contribution in [0.25, 0.3) is 0 Å². The van der Waals surface area contributed by atoms with E-state index in [1.807, 2.05) is 0 Å². The van der Waals surface area contributed by atoms with Crippen LogP contribution in [0.5, 0.6) is 0 Å². The Kier molecular flexibility index (Phi) is 6.13. The van der Waals surface area contributed by atoms with E-state index in [-0.39, 0.29) is 0 Å². The summed E-state index contributed by atoms with van der Waals surface area (Å²) in [7, 11) is 0. The van der Waals surface area contributed by atoms with Gasteiger partial charge in [-0.05, 0) is 41.5 Å². The Morgan fingerprint density at radius 3 is 1.20 bits per heavy atom. The van der Waals surface area contributed by atoms with Crippen molar-refractivity contribution in [3.05, 3.63) is 0 Å². The van der Waals surface area contributed by atoms with Crippen LogP contribution in [0, 0.1) is 0 Å². The first kappa shape index (κ1) is 18.8. The van der Waals surface area contributed by atoms with E-state index >= 15 is 0 Å². The largest absolute Gasteiger partial charge is 0.459 e. The fourth-order valence-electron chi connectivity index (χ4n) is 1.28. The summed E-state index contributed by atoms with van der Waals surface area (Å²) in [5, 5.41) is 0. The normalized spacial score (nSPS) is 17.1. The molecule has 7 nitrogen and oxygen atoms in total. The maximum Gasteiger partial charge on any atom is 0.325 e. The molecule has 0 saturated heterocycles. The predicted molar refractivity (Wildman–Crippen MR) is 75.6 cm³/mol. The summed E-state index contributed by atoms with van der Waals surface area (Å²) >= 11 is 0. The summed E-state index contributed by atoms with van der Waals surface area (Å²) in [5.74, 6) is -1.41. The molecule has 0 saturated carbocycles. The van der Waals surface area contributed by atoms with Gasteiger partial charge in [-0.2, -0.15) is 0 Å². The molecule has 118 valence electrons. The highest BCUT2D eigenvalue weighted by Crippen LogP contribution is 2.12. The molecule has 2 atom stereocenters. The molecule has 7 heteroatoms. The monoisotopic (exact) mass is 289 g/mol. The van der Waals surface area contributed by atoms with Crippen molar-refractivity contribution in [1.82, 2.24) is 0 Å². The molecule has 0 rings (SSSR count). The first-order chi connectivity index (χ1) is 8.74. The van der Waals surface area contributed by atoms with Crippen molar-refractivity contribution in [1.29, 1.82) is 0 Å². The molecule has 0 aromatic rings. The van der Waals surface area contributed by atoms with Gasteiger partial charge in [0.2, 0.25) is 0 Å². The second kappa shape index (κ2) is 6.51. The lowest BCUT2D eigenvalue weighted by atomic mass is 10.0. The Morgan fingerprint density at radius 2 is 1.00 bits per heavy atom. The third kappa shape index (κ3) is 6.83. The smallest absolute Gasteiger partial charge is 0.325 e. The molecule has 0 spiro atoms. The van der Waals surface area contributed by atoms with Gasteiger partial charge in [0, 0.05) is 0 Å². The highest BCUT2D eigenvalue weighted by molar-refractivity contribution is 5.81. The van der Waals surface area contributed by atoms with Crippen LogP contribution < -0.4 is 17.2 Å². The summed E-state index contributed by atoms with van der Waals surface area (Å²) in [6, 6.07) is -3.48.